The average molecular weight is 276 g/mol. The van der Waals surface area contributed by atoms with Crippen LogP contribution in [-0.2, 0) is 0 Å². The molecule has 0 aliphatic carbocycles. The monoisotopic (exact) mass is 275 g/mol. The first-order valence-corrected chi connectivity index (χ1v) is 5.05. The van der Waals surface area contributed by atoms with Gasteiger partial charge in [-0.25, -0.2) is 8.78 Å². The molecule has 0 radical (unpaired) electrons. The highest BCUT2D eigenvalue weighted by Gasteiger charge is 2.13. The zero-order valence-corrected chi connectivity index (χ0v) is 10.3. The third-order valence-electron chi connectivity index (χ3n) is 2.23. The Balaban J connectivity index is 0.00000162. The molecular weight excluding hydrogens is 264 g/mol. The third kappa shape index (κ3) is 3.02. The highest BCUT2D eigenvalue weighted by Crippen LogP contribution is 2.24. The molecule has 4 nitrogen and oxygen atoms in total. The SMILES string of the molecule is C[C@H](N)c1nc(-c2cccc(C(F)F)c2)no1.Cl. The van der Waals surface area contributed by atoms with Crippen molar-refractivity contribution in [1.82, 2.24) is 10.1 Å². The maximum absolute atomic E-state index is 12.5. The number of rotatable bonds is 3. The van der Waals surface area contributed by atoms with Crippen molar-refractivity contribution in [2.24, 2.45) is 5.73 Å². The Morgan fingerprint density at radius 2 is 2.06 bits per heavy atom. The maximum Gasteiger partial charge on any atom is 0.263 e. The van der Waals surface area contributed by atoms with Crippen molar-refractivity contribution < 1.29 is 13.3 Å². The maximum atomic E-state index is 12.5. The first-order valence-electron chi connectivity index (χ1n) is 5.05. The van der Waals surface area contributed by atoms with Crippen molar-refractivity contribution in [2.45, 2.75) is 19.4 Å². The van der Waals surface area contributed by atoms with Crippen LogP contribution in [0.1, 0.15) is 30.8 Å². The van der Waals surface area contributed by atoms with Gasteiger partial charge in [0, 0.05) is 11.1 Å². The molecule has 0 aliphatic rings. The molecule has 0 saturated heterocycles. The summed E-state index contributed by atoms with van der Waals surface area (Å²) >= 11 is 0. The molecule has 1 heterocycles. The van der Waals surface area contributed by atoms with Gasteiger partial charge in [-0.15, -0.1) is 12.4 Å². The molecule has 1 atom stereocenters. The minimum atomic E-state index is -2.52. The van der Waals surface area contributed by atoms with Crippen LogP contribution in [0.4, 0.5) is 8.78 Å². The highest BCUT2D eigenvalue weighted by molar-refractivity contribution is 5.85. The first-order chi connectivity index (χ1) is 8.08. The number of nitrogens with two attached hydrogens (primary N) is 1. The number of alkyl halides is 2. The van der Waals surface area contributed by atoms with Gasteiger partial charge in [0.15, 0.2) is 0 Å². The van der Waals surface area contributed by atoms with Crippen molar-refractivity contribution in [2.75, 3.05) is 0 Å². The molecule has 2 N–H and O–H groups in total. The van der Waals surface area contributed by atoms with Crippen LogP contribution in [0.5, 0.6) is 0 Å². The molecule has 1 aromatic carbocycles. The van der Waals surface area contributed by atoms with Gasteiger partial charge in [-0.3, -0.25) is 0 Å². The normalized spacial score (nSPS) is 12.3. The second-order valence-electron chi connectivity index (χ2n) is 3.67. The van der Waals surface area contributed by atoms with E-state index in [2.05, 4.69) is 10.1 Å². The molecule has 0 bridgehead atoms. The van der Waals surface area contributed by atoms with E-state index in [0.717, 1.165) is 0 Å². The van der Waals surface area contributed by atoms with Crippen LogP contribution in [0, 0.1) is 0 Å². The van der Waals surface area contributed by atoms with E-state index in [9.17, 15) is 8.78 Å². The Labute approximate surface area is 109 Å². The van der Waals surface area contributed by atoms with Gasteiger partial charge in [0.25, 0.3) is 6.43 Å². The number of halogens is 3. The van der Waals surface area contributed by atoms with Gasteiger partial charge < -0.3 is 10.3 Å². The predicted octanol–water partition coefficient (Wildman–Crippen LogP) is 3.12. The topological polar surface area (TPSA) is 64.9 Å². The summed E-state index contributed by atoms with van der Waals surface area (Å²) in [7, 11) is 0. The number of hydrogen-bond donors (Lipinski definition) is 1. The predicted molar refractivity (Wildman–Crippen MR) is 64.5 cm³/mol. The fourth-order valence-corrected chi connectivity index (χ4v) is 1.35. The Morgan fingerprint density at radius 1 is 1.33 bits per heavy atom. The van der Waals surface area contributed by atoms with E-state index < -0.39 is 6.43 Å². The molecule has 0 spiro atoms. The Kier molecular flexibility index (Phi) is 4.75. The third-order valence-corrected chi connectivity index (χ3v) is 2.23. The van der Waals surface area contributed by atoms with Gasteiger partial charge in [0.2, 0.25) is 11.7 Å². The second kappa shape index (κ2) is 5.88. The minimum Gasteiger partial charge on any atom is -0.337 e. The molecule has 0 aliphatic heterocycles. The van der Waals surface area contributed by atoms with E-state index in [0.29, 0.717) is 5.56 Å². The van der Waals surface area contributed by atoms with Crippen molar-refractivity contribution in [3.63, 3.8) is 0 Å². The summed E-state index contributed by atoms with van der Waals surface area (Å²) in [4.78, 5) is 4.03. The van der Waals surface area contributed by atoms with Gasteiger partial charge in [-0.2, -0.15) is 4.98 Å². The molecule has 0 fully saturated rings. The first kappa shape index (κ1) is 14.5. The van der Waals surface area contributed by atoms with Crippen molar-refractivity contribution in [3.05, 3.63) is 35.7 Å². The van der Waals surface area contributed by atoms with Crippen LogP contribution in [0.25, 0.3) is 11.4 Å². The summed E-state index contributed by atoms with van der Waals surface area (Å²) in [5.41, 5.74) is 5.98. The van der Waals surface area contributed by atoms with Crippen LogP contribution in [0.2, 0.25) is 0 Å². The molecule has 0 saturated carbocycles. The van der Waals surface area contributed by atoms with Crippen molar-refractivity contribution >= 4 is 12.4 Å². The summed E-state index contributed by atoms with van der Waals surface area (Å²) < 4.78 is 29.9. The van der Waals surface area contributed by atoms with E-state index in [-0.39, 0.29) is 35.7 Å². The summed E-state index contributed by atoms with van der Waals surface area (Å²) in [5.74, 6) is 0.544. The second-order valence-corrected chi connectivity index (χ2v) is 3.67. The summed E-state index contributed by atoms with van der Waals surface area (Å²) in [6.07, 6.45) is -2.52. The lowest BCUT2D eigenvalue weighted by Gasteiger charge is -2.00. The number of hydrogen-bond acceptors (Lipinski definition) is 4. The molecule has 7 heteroatoms. The Hall–Kier alpha value is -1.53. The molecule has 2 rings (SSSR count). The van der Waals surface area contributed by atoms with Gasteiger partial charge in [0.1, 0.15) is 0 Å². The number of nitrogens with zero attached hydrogens (tertiary/aromatic N) is 2. The molecule has 1 aromatic heterocycles. The summed E-state index contributed by atoms with van der Waals surface area (Å²) in [6, 6.07) is 5.47. The van der Waals surface area contributed by atoms with Crippen molar-refractivity contribution in [3.8, 4) is 11.4 Å². The molecular formula is C11H12ClF2N3O. The fourth-order valence-electron chi connectivity index (χ4n) is 1.35. The van der Waals surface area contributed by atoms with E-state index in [1.807, 2.05) is 0 Å². The quantitative estimate of drug-likeness (QED) is 0.935. The average Bonchev–Trinajstić information content (AvgIpc) is 2.78. The molecule has 0 unspecified atom stereocenters. The zero-order valence-electron chi connectivity index (χ0n) is 9.51. The van der Waals surface area contributed by atoms with Gasteiger partial charge in [-0.1, -0.05) is 23.4 Å². The fraction of sp³-hybridized carbons (Fsp3) is 0.273. The lowest BCUT2D eigenvalue weighted by molar-refractivity contribution is 0.151. The Bertz CT molecular complexity index is 516. The lowest BCUT2D eigenvalue weighted by Crippen LogP contribution is -2.04. The van der Waals surface area contributed by atoms with Gasteiger partial charge >= 0.3 is 0 Å². The smallest absolute Gasteiger partial charge is 0.263 e. The van der Waals surface area contributed by atoms with Crippen LogP contribution in [-0.4, -0.2) is 10.1 Å². The molecule has 2 aromatic rings. The van der Waals surface area contributed by atoms with Crippen LogP contribution >= 0.6 is 12.4 Å². The van der Waals surface area contributed by atoms with Crippen LogP contribution < -0.4 is 5.73 Å². The lowest BCUT2D eigenvalue weighted by atomic mass is 10.1. The zero-order chi connectivity index (χ0) is 12.4. The molecule has 18 heavy (non-hydrogen) atoms. The van der Waals surface area contributed by atoms with Gasteiger partial charge in [0.05, 0.1) is 6.04 Å². The van der Waals surface area contributed by atoms with Crippen LogP contribution in [0.15, 0.2) is 28.8 Å². The standard InChI is InChI=1S/C11H11F2N3O.ClH/c1-6(14)11-15-10(16-17-11)8-4-2-3-7(5-8)9(12)13;/h2-6,9H,14H2,1H3;1H/t6-;/m0./s1. The van der Waals surface area contributed by atoms with E-state index >= 15 is 0 Å². The number of aromatic nitrogens is 2. The summed E-state index contributed by atoms with van der Waals surface area (Å²) in [5, 5.41) is 3.70. The summed E-state index contributed by atoms with van der Waals surface area (Å²) in [6.45, 7) is 1.70. The Morgan fingerprint density at radius 3 is 2.61 bits per heavy atom. The minimum absolute atomic E-state index is 0. The molecule has 98 valence electrons. The van der Waals surface area contributed by atoms with E-state index in [1.165, 1.54) is 18.2 Å². The van der Waals surface area contributed by atoms with E-state index in [4.69, 9.17) is 10.3 Å². The highest BCUT2D eigenvalue weighted by atomic mass is 35.5. The van der Waals surface area contributed by atoms with Gasteiger partial charge in [-0.05, 0) is 13.0 Å². The largest absolute Gasteiger partial charge is 0.337 e. The van der Waals surface area contributed by atoms with Crippen LogP contribution in [0.3, 0.4) is 0 Å². The van der Waals surface area contributed by atoms with E-state index in [1.54, 1.807) is 13.0 Å². The molecule has 0 amide bonds. The number of benzene rings is 1. The van der Waals surface area contributed by atoms with Crippen molar-refractivity contribution in [1.29, 1.82) is 0 Å².